The molecule has 4 aliphatic rings. The number of hydrogen-bond donors (Lipinski definition) is 2. The molecule has 2 aromatic carbocycles. The number of nitriles is 1. The molecule has 2 saturated heterocycles. The van der Waals surface area contributed by atoms with Crippen LogP contribution in [0.25, 0.3) is 21.8 Å². The summed E-state index contributed by atoms with van der Waals surface area (Å²) in [6.45, 7) is 5.88. The van der Waals surface area contributed by atoms with Crippen molar-refractivity contribution >= 4 is 45.2 Å². The van der Waals surface area contributed by atoms with Crippen LogP contribution in [-0.4, -0.2) is 70.5 Å². The smallest absolute Gasteiger partial charge is 0.110 e. The van der Waals surface area contributed by atoms with Gasteiger partial charge < -0.3 is 14.9 Å². The van der Waals surface area contributed by atoms with E-state index in [0.717, 1.165) is 41.9 Å². The minimum absolute atomic E-state index is 0.479. The fraction of sp³-hybridized carbons (Fsp3) is 0.528. The van der Waals surface area contributed by atoms with Crippen molar-refractivity contribution in [1.29, 1.82) is 5.26 Å². The standard InChI is InChI=1S/C19H26N2S.C17H18ClN3/c1-3-7-21-11-13(12-22-2)8-16-15-5-4-6-17-19(15)14(10-20-17)9-18(16)21;1-21-9-10(5-6-19)7-12-11-3-2-4-14-16(11)13(8-15(12)21)17(18)20-14/h4-6,10,13,16,18,20H,3,7-9,11-12H2,1-2H3;2-4,10,12,15,20H,5,7-9H2,1H3/t13-,16-,18-;10-,12-,15-/m11/s1. The molecule has 4 heterocycles. The monoisotopic (exact) mass is 613 g/mol. The molecular weight excluding hydrogens is 570 g/mol. The maximum Gasteiger partial charge on any atom is 0.110 e. The van der Waals surface area contributed by atoms with Gasteiger partial charge in [-0.1, -0.05) is 42.8 Å². The van der Waals surface area contributed by atoms with E-state index in [4.69, 9.17) is 16.9 Å². The predicted octanol–water partition coefficient (Wildman–Crippen LogP) is 7.97. The van der Waals surface area contributed by atoms with Crippen molar-refractivity contribution in [1.82, 2.24) is 19.8 Å². The summed E-state index contributed by atoms with van der Waals surface area (Å²) in [7, 11) is 2.19. The van der Waals surface area contributed by atoms with Crippen LogP contribution in [0.15, 0.2) is 42.6 Å². The van der Waals surface area contributed by atoms with Gasteiger partial charge in [0.05, 0.1) is 6.07 Å². The molecule has 2 aromatic heterocycles. The number of thioether (sulfide) groups is 1. The molecule has 0 radical (unpaired) electrons. The number of aromatic nitrogens is 2. The molecule has 2 aliphatic carbocycles. The minimum Gasteiger partial charge on any atom is -0.361 e. The number of likely N-dealkylation sites (tertiary alicyclic amines) is 2. The largest absolute Gasteiger partial charge is 0.361 e. The van der Waals surface area contributed by atoms with Crippen LogP contribution >= 0.6 is 23.4 Å². The molecule has 226 valence electrons. The number of nitrogens with zero attached hydrogens (tertiary/aromatic N) is 3. The Hall–Kier alpha value is -2.43. The summed E-state index contributed by atoms with van der Waals surface area (Å²) in [4.78, 5) is 12.0. The maximum atomic E-state index is 9.02. The summed E-state index contributed by atoms with van der Waals surface area (Å²) < 4.78 is 0. The van der Waals surface area contributed by atoms with Crippen LogP contribution in [-0.2, 0) is 12.8 Å². The van der Waals surface area contributed by atoms with E-state index >= 15 is 0 Å². The molecule has 6 atom stereocenters. The zero-order chi connectivity index (χ0) is 29.7. The zero-order valence-corrected chi connectivity index (χ0v) is 27.3. The lowest BCUT2D eigenvalue weighted by molar-refractivity contribution is 0.0926. The highest BCUT2D eigenvalue weighted by Crippen LogP contribution is 2.47. The van der Waals surface area contributed by atoms with Crippen LogP contribution in [0.1, 0.15) is 66.7 Å². The molecule has 5 nitrogen and oxygen atoms in total. The highest BCUT2D eigenvalue weighted by atomic mass is 35.5. The number of piperidine rings is 2. The summed E-state index contributed by atoms with van der Waals surface area (Å²) in [5.41, 5.74) is 8.31. The highest BCUT2D eigenvalue weighted by Gasteiger charge is 2.41. The van der Waals surface area contributed by atoms with Gasteiger partial charge in [-0.25, -0.2) is 0 Å². The van der Waals surface area contributed by atoms with Gasteiger partial charge in [-0.3, -0.25) is 4.90 Å². The van der Waals surface area contributed by atoms with Crippen molar-refractivity contribution in [3.8, 4) is 6.07 Å². The van der Waals surface area contributed by atoms with Crippen LogP contribution in [0.5, 0.6) is 0 Å². The maximum absolute atomic E-state index is 9.02. The van der Waals surface area contributed by atoms with E-state index in [0.29, 0.717) is 30.3 Å². The number of H-pyrrole nitrogens is 2. The van der Waals surface area contributed by atoms with Crippen LogP contribution < -0.4 is 0 Å². The molecule has 0 bridgehead atoms. The first-order chi connectivity index (χ1) is 21.0. The molecule has 7 heteroatoms. The summed E-state index contributed by atoms with van der Waals surface area (Å²) >= 11 is 8.43. The van der Waals surface area contributed by atoms with Gasteiger partial charge in [0.1, 0.15) is 5.15 Å². The predicted molar refractivity (Wildman–Crippen MR) is 181 cm³/mol. The molecule has 0 saturated carbocycles. The minimum atomic E-state index is 0.479. The Labute approximate surface area is 265 Å². The van der Waals surface area contributed by atoms with Gasteiger partial charge in [0, 0.05) is 71.4 Å². The van der Waals surface area contributed by atoms with E-state index < -0.39 is 0 Å². The lowest BCUT2D eigenvalue weighted by Gasteiger charge is -2.47. The Balaban J connectivity index is 0.000000140. The molecule has 0 amide bonds. The summed E-state index contributed by atoms with van der Waals surface area (Å²) in [6, 6.07) is 16.9. The number of halogens is 1. The number of rotatable bonds is 5. The van der Waals surface area contributed by atoms with Crippen molar-refractivity contribution in [2.24, 2.45) is 11.8 Å². The topological polar surface area (TPSA) is 61.9 Å². The van der Waals surface area contributed by atoms with Crippen LogP contribution in [0.4, 0.5) is 0 Å². The molecule has 2 aliphatic heterocycles. The fourth-order valence-corrected chi connectivity index (χ4v) is 10.2. The van der Waals surface area contributed by atoms with Crippen LogP contribution in [0.2, 0.25) is 5.15 Å². The third-order valence-electron chi connectivity index (χ3n) is 10.8. The Kier molecular flexibility index (Phi) is 8.28. The molecule has 0 unspecified atom stereocenters. The molecule has 2 fully saturated rings. The van der Waals surface area contributed by atoms with Gasteiger partial charge in [0.15, 0.2) is 0 Å². The van der Waals surface area contributed by atoms with Crippen molar-refractivity contribution in [2.75, 3.05) is 38.7 Å². The number of likely N-dealkylation sites (N-methyl/N-ethyl adjacent to an activating group) is 1. The average Bonchev–Trinajstić information content (AvgIpc) is 3.57. The van der Waals surface area contributed by atoms with Crippen LogP contribution in [0, 0.1) is 23.2 Å². The van der Waals surface area contributed by atoms with Crippen molar-refractivity contribution in [3.05, 3.63) is 70.0 Å². The van der Waals surface area contributed by atoms with Crippen molar-refractivity contribution < 1.29 is 0 Å². The zero-order valence-electron chi connectivity index (χ0n) is 25.7. The first-order valence-corrected chi connectivity index (χ1v) is 18.0. The van der Waals surface area contributed by atoms with E-state index in [1.165, 1.54) is 71.1 Å². The van der Waals surface area contributed by atoms with Crippen LogP contribution in [0.3, 0.4) is 0 Å². The quantitative estimate of drug-likeness (QED) is 0.240. The second-order valence-electron chi connectivity index (χ2n) is 13.5. The number of nitrogens with one attached hydrogen (secondary N) is 2. The second kappa shape index (κ2) is 12.2. The molecule has 4 aromatic rings. The molecule has 2 N–H and O–H groups in total. The Bertz CT molecular complexity index is 1650. The first kappa shape index (κ1) is 29.3. The van der Waals surface area contributed by atoms with Gasteiger partial charge in [0.2, 0.25) is 0 Å². The summed E-state index contributed by atoms with van der Waals surface area (Å²) in [6.07, 6.45) is 11.2. The van der Waals surface area contributed by atoms with E-state index in [-0.39, 0.29) is 0 Å². The Morgan fingerprint density at radius 1 is 0.977 bits per heavy atom. The number of hydrogen-bond acceptors (Lipinski definition) is 4. The second-order valence-corrected chi connectivity index (χ2v) is 14.8. The lowest BCUT2D eigenvalue weighted by Crippen LogP contribution is -2.50. The Morgan fingerprint density at radius 3 is 2.49 bits per heavy atom. The molecule has 0 spiro atoms. The SMILES string of the molecule is CCCN1C[C@H](CSC)C[C@@H]2c3cccc4[nH]cc(c34)C[C@H]21.CN1C[C@H](CC#N)C[C@@H]2c3cccc4[nH]c(Cl)c(c34)C[C@H]21. The number of aromatic amines is 2. The molecule has 8 rings (SSSR count). The molecular formula is C36H44ClN5S. The number of fused-ring (bicyclic) bond motifs is 4. The van der Waals surface area contributed by atoms with Crippen molar-refractivity contribution in [2.45, 2.75) is 69.4 Å². The Morgan fingerprint density at radius 2 is 1.72 bits per heavy atom. The summed E-state index contributed by atoms with van der Waals surface area (Å²) in [5, 5.41) is 12.7. The van der Waals surface area contributed by atoms with Crippen molar-refractivity contribution in [3.63, 3.8) is 0 Å². The van der Waals surface area contributed by atoms with Gasteiger partial charge >= 0.3 is 0 Å². The summed E-state index contributed by atoms with van der Waals surface area (Å²) in [5.74, 6) is 3.87. The third-order valence-corrected chi connectivity index (χ3v) is 12.0. The highest BCUT2D eigenvalue weighted by molar-refractivity contribution is 7.98. The van der Waals surface area contributed by atoms with E-state index in [1.807, 2.05) is 11.8 Å². The van der Waals surface area contributed by atoms with E-state index in [1.54, 1.807) is 5.56 Å². The average molecular weight is 614 g/mol. The van der Waals surface area contributed by atoms with Gasteiger partial charge in [-0.15, -0.1) is 0 Å². The van der Waals surface area contributed by atoms with E-state index in [2.05, 4.69) is 88.7 Å². The van der Waals surface area contributed by atoms with Gasteiger partial charge in [-0.05, 0) is 104 Å². The van der Waals surface area contributed by atoms with Gasteiger partial charge in [0.25, 0.3) is 0 Å². The first-order valence-electron chi connectivity index (χ1n) is 16.2. The lowest BCUT2D eigenvalue weighted by atomic mass is 9.72. The molecule has 43 heavy (non-hydrogen) atoms. The fourth-order valence-electron chi connectivity index (χ4n) is 9.17. The van der Waals surface area contributed by atoms with Gasteiger partial charge in [-0.2, -0.15) is 17.0 Å². The third kappa shape index (κ3) is 5.21. The number of benzene rings is 2. The normalized spacial score (nSPS) is 28.2. The van der Waals surface area contributed by atoms with E-state index in [9.17, 15) is 0 Å².